The topological polar surface area (TPSA) is 91.9 Å². The maximum absolute atomic E-state index is 13.9. The first kappa shape index (κ1) is 26.5. The van der Waals surface area contributed by atoms with Crippen LogP contribution >= 0.6 is 0 Å². The van der Waals surface area contributed by atoms with Crippen molar-refractivity contribution in [1.82, 2.24) is 9.13 Å². The fourth-order valence-electron chi connectivity index (χ4n) is 5.89. The Morgan fingerprint density at radius 3 is 2.61 bits per heavy atom. The number of carboxylic acid groups (broad SMARTS) is 1. The highest BCUT2D eigenvalue weighted by atomic mass is 16.5. The van der Waals surface area contributed by atoms with Crippen molar-refractivity contribution in [3.63, 3.8) is 0 Å². The van der Waals surface area contributed by atoms with E-state index in [9.17, 15) is 14.7 Å². The average molecular weight is 523 g/mol. The van der Waals surface area contributed by atoms with E-state index in [1.807, 2.05) is 49.7 Å². The second-order valence-corrected chi connectivity index (χ2v) is 11.5. The normalized spacial score (nSPS) is 17.3. The van der Waals surface area contributed by atoms with E-state index < -0.39 is 17.7 Å². The van der Waals surface area contributed by atoms with Gasteiger partial charge in [0.1, 0.15) is 11.3 Å². The number of hydrogen-bond donors (Lipinski definition) is 1. The SMILES string of the molecule is Cc1c(-c2c(C(OC(C)(C)C)C(=O)O)n(C)c(=O)c3c2ccn3CC2CCOCC2)ccc2c1CCCO2. The number of aromatic nitrogens is 2. The molecule has 204 valence electrons. The zero-order valence-electron chi connectivity index (χ0n) is 23.0. The molecule has 1 aromatic carbocycles. The molecule has 2 aliphatic heterocycles. The quantitative estimate of drug-likeness (QED) is 0.490. The summed E-state index contributed by atoms with van der Waals surface area (Å²) in [6, 6.07) is 5.92. The van der Waals surface area contributed by atoms with Gasteiger partial charge in [-0.05, 0) is 88.1 Å². The van der Waals surface area contributed by atoms with Crippen LogP contribution in [-0.4, -0.2) is 45.6 Å². The average Bonchev–Trinajstić information content (AvgIpc) is 3.29. The van der Waals surface area contributed by atoms with E-state index >= 15 is 0 Å². The third-order valence-electron chi connectivity index (χ3n) is 7.75. The van der Waals surface area contributed by atoms with Gasteiger partial charge in [0.05, 0.1) is 17.9 Å². The van der Waals surface area contributed by atoms with Crippen molar-refractivity contribution in [2.45, 2.75) is 71.6 Å². The molecule has 1 unspecified atom stereocenters. The highest BCUT2D eigenvalue weighted by Gasteiger charge is 2.34. The summed E-state index contributed by atoms with van der Waals surface area (Å²) in [7, 11) is 1.66. The Hall–Kier alpha value is -3.10. The number of hydrogen-bond acceptors (Lipinski definition) is 5. The first-order chi connectivity index (χ1) is 18.1. The van der Waals surface area contributed by atoms with Crippen LogP contribution in [0.2, 0.25) is 0 Å². The van der Waals surface area contributed by atoms with Gasteiger partial charge in [-0.15, -0.1) is 0 Å². The largest absolute Gasteiger partial charge is 0.493 e. The van der Waals surface area contributed by atoms with E-state index in [2.05, 4.69) is 6.92 Å². The van der Waals surface area contributed by atoms with Crippen LogP contribution in [0.4, 0.5) is 0 Å². The lowest BCUT2D eigenvalue weighted by molar-refractivity contribution is -0.161. The first-order valence-corrected chi connectivity index (χ1v) is 13.5. The minimum absolute atomic E-state index is 0.224. The van der Waals surface area contributed by atoms with Gasteiger partial charge in [-0.3, -0.25) is 4.79 Å². The lowest BCUT2D eigenvalue weighted by Crippen LogP contribution is -2.33. The van der Waals surface area contributed by atoms with E-state index in [-0.39, 0.29) is 5.56 Å². The molecule has 1 fully saturated rings. The van der Waals surface area contributed by atoms with Crippen molar-refractivity contribution in [3.8, 4) is 16.9 Å². The Labute approximate surface area is 223 Å². The van der Waals surface area contributed by atoms with Crippen molar-refractivity contribution in [2.75, 3.05) is 19.8 Å². The van der Waals surface area contributed by atoms with Crippen molar-refractivity contribution in [3.05, 3.63) is 51.6 Å². The number of ether oxygens (including phenoxy) is 3. The maximum Gasteiger partial charge on any atom is 0.339 e. The second-order valence-electron chi connectivity index (χ2n) is 11.5. The maximum atomic E-state index is 13.9. The van der Waals surface area contributed by atoms with Crippen molar-refractivity contribution < 1.29 is 24.1 Å². The van der Waals surface area contributed by atoms with Gasteiger partial charge in [-0.25, -0.2) is 4.79 Å². The van der Waals surface area contributed by atoms with Gasteiger partial charge in [0.25, 0.3) is 5.56 Å². The summed E-state index contributed by atoms with van der Waals surface area (Å²) in [5.74, 6) is 0.167. The van der Waals surface area contributed by atoms with Gasteiger partial charge in [0, 0.05) is 44.0 Å². The predicted octanol–water partition coefficient (Wildman–Crippen LogP) is 5.01. The second kappa shape index (κ2) is 10.2. The van der Waals surface area contributed by atoms with Crippen molar-refractivity contribution >= 4 is 16.9 Å². The molecular weight excluding hydrogens is 484 g/mol. The molecule has 1 N–H and O–H groups in total. The van der Waals surface area contributed by atoms with Gasteiger partial charge in [0.15, 0.2) is 6.10 Å². The summed E-state index contributed by atoms with van der Waals surface area (Å²) in [5, 5.41) is 11.1. The standard InChI is InChI=1S/C30H38N2O6/c1-18-20-7-6-14-37-23(20)9-8-21(18)24-22-10-13-32(17-19-11-15-36-16-12-19)25(22)28(33)31(5)26(24)27(29(34)35)38-30(2,3)4/h8-10,13,19,27H,6-7,11-12,14-17H2,1-5H3,(H,34,35). The number of rotatable bonds is 6. The molecule has 0 bridgehead atoms. The molecule has 0 amide bonds. The molecule has 2 aromatic heterocycles. The van der Waals surface area contributed by atoms with Crippen molar-refractivity contribution in [2.24, 2.45) is 13.0 Å². The molecule has 1 atom stereocenters. The van der Waals surface area contributed by atoms with E-state index in [1.165, 1.54) is 4.57 Å². The molecular formula is C30H38N2O6. The molecule has 3 aromatic rings. The fourth-order valence-corrected chi connectivity index (χ4v) is 5.89. The molecule has 1 saturated heterocycles. The zero-order valence-corrected chi connectivity index (χ0v) is 23.0. The predicted molar refractivity (Wildman–Crippen MR) is 146 cm³/mol. The smallest absolute Gasteiger partial charge is 0.339 e. The number of aliphatic carboxylic acids is 1. The minimum atomic E-state index is -1.32. The summed E-state index contributed by atoms with van der Waals surface area (Å²) in [5.41, 5.74) is 3.79. The zero-order chi connectivity index (χ0) is 27.2. The van der Waals surface area contributed by atoms with Gasteiger partial charge < -0.3 is 28.5 Å². The van der Waals surface area contributed by atoms with Crippen LogP contribution in [0.1, 0.15) is 63.0 Å². The molecule has 0 radical (unpaired) electrons. The monoisotopic (exact) mass is 522 g/mol. The third-order valence-corrected chi connectivity index (χ3v) is 7.75. The third kappa shape index (κ3) is 4.87. The van der Waals surface area contributed by atoms with Crippen LogP contribution in [0.5, 0.6) is 5.75 Å². The summed E-state index contributed by atoms with van der Waals surface area (Å²) >= 11 is 0. The Morgan fingerprint density at radius 1 is 1.18 bits per heavy atom. The van der Waals surface area contributed by atoms with Crippen LogP contribution in [0.25, 0.3) is 22.0 Å². The molecule has 8 nitrogen and oxygen atoms in total. The van der Waals surface area contributed by atoms with E-state index in [0.717, 1.165) is 78.8 Å². The number of fused-ring (bicyclic) bond motifs is 2. The number of nitrogens with zero attached hydrogens (tertiary/aromatic N) is 2. The lowest BCUT2D eigenvalue weighted by Gasteiger charge is -2.29. The van der Waals surface area contributed by atoms with E-state index in [4.69, 9.17) is 14.2 Å². The molecule has 0 spiro atoms. The minimum Gasteiger partial charge on any atom is -0.493 e. The molecule has 2 aliphatic rings. The van der Waals surface area contributed by atoms with Crippen LogP contribution < -0.4 is 10.3 Å². The molecule has 0 aliphatic carbocycles. The summed E-state index contributed by atoms with van der Waals surface area (Å²) < 4.78 is 21.1. The van der Waals surface area contributed by atoms with Crippen LogP contribution in [0, 0.1) is 12.8 Å². The number of pyridine rings is 1. The fraction of sp³-hybridized carbons (Fsp3) is 0.533. The molecule has 0 saturated carbocycles. The number of carbonyl (C=O) groups is 1. The summed E-state index contributed by atoms with van der Waals surface area (Å²) in [4.78, 5) is 26.6. The van der Waals surface area contributed by atoms with Crippen LogP contribution in [0.3, 0.4) is 0 Å². The Bertz CT molecular complexity index is 1420. The van der Waals surface area contributed by atoms with Gasteiger partial charge in [0.2, 0.25) is 0 Å². The van der Waals surface area contributed by atoms with Crippen LogP contribution in [0.15, 0.2) is 29.2 Å². The molecule has 8 heteroatoms. The van der Waals surface area contributed by atoms with Gasteiger partial charge in [-0.1, -0.05) is 6.07 Å². The first-order valence-electron chi connectivity index (χ1n) is 13.5. The Balaban J connectivity index is 1.79. The lowest BCUT2D eigenvalue weighted by atomic mass is 9.89. The Morgan fingerprint density at radius 2 is 1.92 bits per heavy atom. The van der Waals surface area contributed by atoms with Crippen molar-refractivity contribution in [1.29, 1.82) is 0 Å². The van der Waals surface area contributed by atoms with E-state index in [1.54, 1.807) is 7.05 Å². The highest BCUT2D eigenvalue weighted by Crippen LogP contribution is 2.42. The highest BCUT2D eigenvalue weighted by molar-refractivity contribution is 5.99. The Kier molecular flexibility index (Phi) is 7.13. The summed E-state index contributed by atoms with van der Waals surface area (Å²) in [6.45, 7) is 10.4. The van der Waals surface area contributed by atoms with Crippen LogP contribution in [-0.2, 0) is 34.3 Å². The number of carboxylic acids is 1. The molecule has 38 heavy (non-hydrogen) atoms. The summed E-state index contributed by atoms with van der Waals surface area (Å²) in [6.07, 6.45) is 4.37. The molecule has 5 rings (SSSR count). The van der Waals surface area contributed by atoms with Gasteiger partial charge in [-0.2, -0.15) is 0 Å². The van der Waals surface area contributed by atoms with Gasteiger partial charge >= 0.3 is 5.97 Å². The molecule has 4 heterocycles. The van der Waals surface area contributed by atoms with E-state index in [0.29, 0.717) is 23.7 Å². The number of benzene rings is 1.